The number of benzene rings is 2. The molecule has 0 saturated heterocycles. The molecule has 0 bridgehead atoms. The van der Waals surface area contributed by atoms with E-state index in [4.69, 9.17) is 0 Å². The lowest BCUT2D eigenvalue weighted by Crippen LogP contribution is -2.24. The molecule has 1 heterocycles. The van der Waals surface area contributed by atoms with Gasteiger partial charge in [-0.15, -0.1) is 0 Å². The maximum Gasteiger partial charge on any atom is 0.251 e. The molecule has 1 aromatic heterocycles. The molecule has 0 radical (unpaired) electrons. The number of aryl methyl sites for hydroxylation is 1. The maximum atomic E-state index is 12.1. The highest BCUT2D eigenvalue weighted by molar-refractivity contribution is 5.94. The van der Waals surface area contributed by atoms with Crippen molar-refractivity contribution in [2.24, 2.45) is 0 Å². The predicted octanol–water partition coefficient (Wildman–Crippen LogP) is 3.55. The van der Waals surface area contributed by atoms with Crippen LogP contribution < -0.4 is 5.32 Å². The molecule has 3 aromatic rings. The number of carbonyl (C=O) groups excluding carboxylic acids is 1. The van der Waals surface area contributed by atoms with Crippen molar-refractivity contribution in [3.05, 3.63) is 84.2 Å². The molecule has 0 saturated carbocycles. The second-order valence-corrected chi connectivity index (χ2v) is 5.66. The highest BCUT2D eigenvalue weighted by Crippen LogP contribution is 2.12. The second kappa shape index (κ2) is 7.51. The van der Waals surface area contributed by atoms with E-state index in [1.54, 1.807) is 12.1 Å². The van der Waals surface area contributed by atoms with E-state index >= 15 is 0 Å². The third-order valence-corrected chi connectivity index (χ3v) is 3.90. The first-order valence-electron chi connectivity index (χ1n) is 8.02. The van der Waals surface area contributed by atoms with E-state index in [-0.39, 0.29) is 11.7 Å². The minimum absolute atomic E-state index is 0.0558. The van der Waals surface area contributed by atoms with Gasteiger partial charge >= 0.3 is 0 Å². The molecule has 0 aliphatic heterocycles. The number of hydrogen-bond donors (Lipinski definition) is 2. The summed E-state index contributed by atoms with van der Waals surface area (Å²) >= 11 is 0. The lowest BCUT2D eigenvalue weighted by Gasteiger charge is -2.07. The second-order valence-electron chi connectivity index (χ2n) is 5.66. The molecule has 0 aliphatic carbocycles. The number of aromatic nitrogens is 1. The summed E-state index contributed by atoms with van der Waals surface area (Å²) in [6.45, 7) is 0.624. The van der Waals surface area contributed by atoms with Crippen LogP contribution in [-0.2, 0) is 6.42 Å². The van der Waals surface area contributed by atoms with Crippen molar-refractivity contribution in [3.8, 4) is 11.4 Å². The molecule has 0 atom stereocenters. The van der Waals surface area contributed by atoms with E-state index in [0.29, 0.717) is 12.1 Å². The van der Waals surface area contributed by atoms with Gasteiger partial charge in [0.05, 0.1) is 0 Å². The van der Waals surface area contributed by atoms with Crippen LogP contribution in [0.2, 0.25) is 0 Å². The molecule has 122 valence electrons. The Balaban J connectivity index is 1.47. The summed E-state index contributed by atoms with van der Waals surface area (Å²) in [5.74, 6) is 0.218. The van der Waals surface area contributed by atoms with Crippen LogP contribution in [-0.4, -0.2) is 22.1 Å². The molecule has 0 aliphatic rings. The summed E-state index contributed by atoms with van der Waals surface area (Å²) in [6, 6.07) is 18.6. The zero-order valence-corrected chi connectivity index (χ0v) is 13.4. The molecule has 1 amide bonds. The van der Waals surface area contributed by atoms with Gasteiger partial charge in [0.2, 0.25) is 0 Å². The third-order valence-electron chi connectivity index (χ3n) is 3.90. The lowest BCUT2D eigenvalue weighted by atomic mass is 10.1. The Labute approximate surface area is 141 Å². The molecule has 0 unspecified atom stereocenters. The highest BCUT2D eigenvalue weighted by atomic mass is 16.3. The number of nitrogens with zero attached hydrogens (tertiary/aromatic N) is 1. The van der Waals surface area contributed by atoms with Crippen LogP contribution in [0.25, 0.3) is 5.69 Å². The van der Waals surface area contributed by atoms with Gasteiger partial charge in [0.1, 0.15) is 5.75 Å². The smallest absolute Gasteiger partial charge is 0.251 e. The lowest BCUT2D eigenvalue weighted by molar-refractivity contribution is 0.0953. The number of phenols is 1. The van der Waals surface area contributed by atoms with Gasteiger partial charge in [-0.05, 0) is 66.9 Å². The van der Waals surface area contributed by atoms with Crippen molar-refractivity contribution in [2.45, 2.75) is 12.8 Å². The standard InChI is InChI=1S/C20H20N2O2/c23-19-11-5-16(6-12-19)4-3-13-21-20(24)17-7-9-18(10-8-17)22-14-1-2-15-22/h1-2,5-12,14-15,23H,3-4,13H2,(H,21,24). The predicted molar refractivity (Wildman–Crippen MR) is 94.5 cm³/mol. The Morgan fingerprint density at radius 2 is 1.62 bits per heavy atom. The van der Waals surface area contributed by atoms with Crippen LogP contribution in [0.5, 0.6) is 5.75 Å². The fraction of sp³-hybridized carbons (Fsp3) is 0.150. The van der Waals surface area contributed by atoms with Gasteiger partial charge in [-0.3, -0.25) is 4.79 Å². The molecule has 2 aromatic carbocycles. The van der Waals surface area contributed by atoms with Crippen LogP contribution in [0.4, 0.5) is 0 Å². The summed E-state index contributed by atoms with van der Waals surface area (Å²) in [7, 11) is 0. The van der Waals surface area contributed by atoms with Crippen molar-refractivity contribution in [2.75, 3.05) is 6.54 Å². The first kappa shape index (κ1) is 15.9. The van der Waals surface area contributed by atoms with E-state index in [9.17, 15) is 9.90 Å². The number of hydrogen-bond acceptors (Lipinski definition) is 2. The van der Waals surface area contributed by atoms with Gasteiger partial charge in [-0.1, -0.05) is 12.1 Å². The molecular weight excluding hydrogens is 300 g/mol. The minimum Gasteiger partial charge on any atom is -0.508 e. The number of carbonyl (C=O) groups is 1. The monoisotopic (exact) mass is 320 g/mol. The maximum absolute atomic E-state index is 12.1. The van der Waals surface area contributed by atoms with Gasteiger partial charge in [0.15, 0.2) is 0 Å². The molecular formula is C20H20N2O2. The Bertz CT molecular complexity index is 776. The topological polar surface area (TPSA) is 54.3 Å². The van der Waals surface area contributed by atoms with Crippen molar-refractivity contribution in [3.63, 3.8) is 0 Å². The zero-order chi connectivity index (χ0) is 16.8. The van der Waals surface area contributed by atoms with Crippen LogP contribution in [0.1, 0.15) is 22.3 Å². The van der Waals surface area contributed by atoms with Gasteiger partial charge in [-0.25, -0.2) is 0 Å². The molecule has 0 fully saturated rings. The third kappa shape index (κ3) is 4.04. The molecule has 24 heavy (non-hydrogen) atoms. The van der Waals surface area contributed by atoms with Crippen molar-refractivity contribution in [1.82, 2.24) is 9.88 Å². The average Bonchev–Trinajstić information content (AvgIpc) is 3.15. The molecule has 0 spiro atoms. The number of phenolic OH excluding ortho intramolecular Hbond substituents is 1. The fourth-order valence-corrected chi connectivity index (χ4v) is 2.55. The number of nitrogens with one attached hydrogen (secondary N) is 1. The summed E-state index contributed by atoms with van der Waals surface area (Å²) in [4.78, 5) is 12.1. The van der Waals surface area contributed by atoms with Gasteiger partial charge in [-0.2, -0.15) is 0 Å². The molecule has 3 rings (SSSR count). The van der Waals surface area contributed by atoms with Crippen molar-refractivity contribution >= 4 is 5.91 Å². The number of aromatic hydroxyl groups is 1. The molecule has 2 N–H and O–H groups in total. The van der Waals surface area contributed by atoms with Crippen molar-refractivity contribution < 1.29 is 9.90 Å². The van der Waals surface area contributed by atoms with Gasteiger partial charge in [0, 0.05) is 30.2 Å². The quantitative estimate of drug-likeness (QED) is 0.683. The van der Waals surface area contributed by atoms with E-state index in [2.05, 4.69) is 5.32 Å². The van der Waals surface area contributed by atoms with E-state index in [0.717, 1.165) is 24.1 Å². The summed E-state index contributed by atoms with van der Waals surface area (Å²) in [5.41, 5.74) is 2.84. The number of amides is 1. The summed E-state index contributed by atoms with van der Waals surface area (Å²) < 4.78 is 2.00. The van der Waals surface area contributed by atoms with E-state index in [1.807, 2.05) is 65.5 Å². The Kier molecular flexibility index (Phi) is 4.96. The Morgan fingerprint density at radius 3 is 2.29 bits per heavy atom. The van der Waals surface area contributed by atoms with Gasteiger partial charge in [0.25, 0.3) is 5.91 Å². The van der Waals surface area contributed by atoms with Crippen molar-refractivity contribution in [1.29, 1.82) is 0 Å². The average molecular weight is 320 g/mol. The minimum atomic E-state index is -0.0558. The van der Waals surface area contributed by atoms with E-state index in [1.165, 1.54) is 0 Å². The first-order chi connectivity index (χ1) is 11.7. The largest absolute Gasteiger partial charge is 0.508 e. The van der Waals surface area contributed by atoms with E-state index < -0.39 is 0 Å². The SMILES string of the molecule is O=C(NCCCc1ccc(O)cc1)c1ccc(-n2cccc2)cc1. The van der Waals surface area contributed by atoms with Crippen LogP contribution in [0.3, 0.4) is 0 Å². The van der Waals surface area contributed by atoms with Crippen LogP contribution >= 0.6 is 0 Å². The zero-order valence-electron chi connectivity index (χ0n) is 13.4. The fourth-order valence-electron chi connectivity index (χ4n) is 2.55. The van der Waals surface area contributed by atoms with Crippen LogP contribution in [0.15, 0.2) is 73.1 Å². The highest BCUT2D eigenvalue weighted by Gasteiger charge is 2.05. The molecule has 4 nitrogen and oxygen atoms in total. The van der Waals surface area contributed by atoms with Crippen LogP contribution in [0, 0.1) is 0 Å². The Hall–Kier alpha value is -3.01. The normalized spacial score (nSPS) is 10.5. The number of rotatable bonds is 6. The molecule has 4 heteroatoms. The first-order valence-corrected chi connectivity index (χ1v) is 8.02. The summed E-state index contributed by atoms with van der Waals surface area (Å²) in [5, 5.41) is 12.2. The van der Waals surface area contributed by atoms with Gasteiger partial charge < -0.3 is 15.0 Å². The summed E-state index contributed by atoms with van der Waals surface area (Å²) in [6.07, 6.45) is 5.67. The Morgan fingerprint density at radius 1 is 0.958 bits per heavy atom.